The lowest BCUT2D eigenvalue weighted by molar-refractivity contribution is -0.118. The van der Waals surface area contributed by atoms with Crippen molar-refractivity contribution in [3.05, 3.63) is 24.3 Å². The molecular formula is C17H28Cl2N4O4. The van der Waals surface area contributed by atoms with Crippen LogP contribution in [0.5, 0.6) is 0 Å². The van der Waals surface area contributed by atoms with Crippen LogP contribution in [-0.4, -0.2) is 76.4 Å². The molecule has 8 nitrogen and oxygen atoms in total. The van der Waals surface area contributed by atoms with Crippen LogP contribution in [0.2, 0.25) is 0 Å². The molecule has 154 valence electrons. The largest absolute Gasteiger partial charge is 0.383 e. The minimum absolute atomic E-state index is 0. The number of anilines is 2. The van der Waals surface area contributed by atoms with Gasteiger partial charge in [0.25, 0.3) is 0 Å². The molecule has 0 bridgehead atoms. The Morgan fingerprint density at radius 3 is 2.15 bits per heavy atom. The average molecular weight is 423 g/mol. The van der Waals surface area contributed by atoms with Crippen molar-refractivity contribution in [3.8, 4) is 0 Å². The third-order valence-corrected chi connectivity index (χ3v) is 3.69. The van der Waals surface area contributed by atoms with Crippen LogP contribution in [0.4, 0.5) is 11.4 Å². The molecule has 0 radical (unpaired) electrons. The third kappa shape index (κ3) is 10.5. The summed E-state index contributed by atoms with van der Waals surface area (Å²) in [6, 6.07) is 7.06. The first-order valence-electron chi connectivity index (χ1n) is 8.37. The summed E-state index contributed by atoms with van der Waals surface area (Å²) in [7, 11) is 1.61. The summed E-state index contributed by atoms with van der Waals surface area (Å²) in [5.41, 5.74) is 1.39. The molecule has 0 aromatic heterocycles. The maximum Gasteiger partial charge on any atom is 0.238 e. The Bertz CT molecular complexity index is 554. The van der Waals surface area contributed by atoms with Crippen molar-refractivity contribution >= 4 is 48.0 Å². The van der Waals surface area contributed by atoms with Crippen LogP contribution >= 0.6 is 24.8 Å². The van der Waals surface area contributed by atoms with Crippen molar-refractivity contribution < 1.29 is 19.1 Å². The summed E-state index contributed by atoms with van der Waals surface area (Å²) >= 11 is 0. The SMILES string of the molecule is COCCNCC(=O)Nc1ccc(NC(=O)CN2CCOCC2)cc1.Cl.Cl. The molecule has 0 atom stereocenters. The van der Waals surface area contributed by atoms with E-state index in [1.807, 2.05) is 0 Å². The number of benzene rings is 1. The highest BCUT2D eigenvalue weighted by molar-refractivity contribution is 5.94. The Kier molecular flexibility index (Phi) is 13.8. The van der Waals surface area contributed by atoms with E-state index in [4.69, 9.17) is 9.47 Å². The molecule has 0 saturated carbocycles. The maximum absolute atomic E-state index is 12.0. The second-order valence-electron chi connectivity index (χ2n) is 5.73. The van der Waals surface area contributed by atoms with E-state index in [9.17, 15) is 9.59 Å². The van der Waals surface area contributed by atoms with E-state index in [1.165, 1.54) is 0 Å². The van der Waals surface area contributed by atoms with Crippen molar-refractivity contribution in [1.82, 2.24) is 10.2 Å². The Balaban J connectivity index is 0.00000338. The van der Waals surface area contributed by atoms with Crippen LogP contribution in [-0.2, 0) is 19.1 Å². The Morgan fingerprint density at radius 2 is 1.59 bits per heavy atom. The highest BCUT2D eigenvalue weighted by Crippen LogP contribution is 2.13. The summed E-state index contributed by atoms with van der Waals surface area (Å²) < 4.78 is 10.2. The van der Waals surface area contributed by atoms with E-state index >= 15 is 0 Å². The number of nitrogens with one attached hydrogen (secondary N) is 3. The number of amides is 2. The van der Waals surface area contributed by atoms with E-state index in [-0.39, 0.29) is 43.2 Å². The van der Waals surface area contributed by atoms with Gasteiger partial charge in [-0.1, -0.05) is 0 Å². The lowest BCUT2D eigenvalue weighted by Gasteiger charge is -2.25. The first-order chi connectivity index (χ1) is 12.2. The molecule has 0 spiro atoms. The first kappa shape index (κ1) is 25.6. The standard InChI is InChI=1S/C17H26N4O4.2ClH/c1-24-9-6-18-12-16(22)19-14-2-4-15(5-3-14)20-17(23)13-21-7-10-25-11-8-21;;/h2-5,18H,6-13H2,1H3,(H,19,22)(H,20,23);2*1H. The van der Waals surface area contributed by atoms with Crippen LogP contribution in [0.15, 0.2) is 24.3 Å². The predicted molar refractivity (Wildman–Crippen MR) is 110 cm³/mol. The second kappa shape index (κ2) is 14.6. The zero-order valence-corrected chi connectivity index (χ0v) is 17.0. The third-order valence-electron chi connectivity index (χ3n) is 3.69. The van der Waals surface area contributed by atoms with Crippen molar-refractivity contribution in [1.29, 1.82) is 0 Å². The molecule has 1 saturated heterocycles. The fourth-order valence-corrected chi connectivity index (χ4v) is 2.38. The van der Waals surface area contributed by atoms with E-state index in [1.54, 1.807) is 31.4 Å². The number of nitrogens with zero attached hydrogens (tertiary/aromatic N) is 1. The molecular weight excluding hydrogens is 395 g/mol. The van der Waals surface area contributed by atoms with Gasteiger partial charge in [-0.25, -0.2) is 0 Å². The zero-order chi connectivity index (χ0) is 17.9. The van der Waals surface area contributed by atoms with Gasteiger partial charge in [0.1, 0.15) is 0 Å². The first-order valence-corrected chi connectivity index (χ1v) is 8.37. The molecule has 1 aromatic rings. The van der Waals surface area contributed by atoms with Gasteiger partial charge in [0.05, 0.1) is 32.9 Å². The molecule has 0 unspecified atom stereocenters. The molecule has 1 heterocycles. The molecule has 27 heavy (non-hydrogen) atoms. The fraction of sp³-hybridized carbons (Fsp3) is 0.529. The van der Waals surface area contributed by atoms with Crippen molar-refractivity contribution in [2.75, 3.05) is 70.3 Å². The van der Waals surface area contributed by atoms with Crippen molar-refractivity contribution in [2.45, 2.75) is 0 Å². The summed E-state index contributed by atoms with van der Waals surface area (Å²) in [5.74, 6) is -0.179. The lowest BCUT2D eigenvalue weighted by atomic mass is 10.2. The van der Waals surface area contributed by atoms with Crippen LogP contribution in [0.3, 0.4) is 0 Å². The smallest absolute Gasteiger partial charge is 0.238 e. The topological polar surface area (TPSA) is 91.9 Å². The van der Waals surface area contributed by atoms with Gasteiger partial charge >= 0.3 is 0 Å². The van der Waals surface area contributed by atoms with Crippen LogP contribution in [0.25, 0.3) is 0 Å². The van der Waals surface area contributed by atoms with Gasteiger partial charge in [-0.2, -0.15) is 0 Å². The number of rotatable bonds is 9. The molecule has 2 amide bonds. The van der Waals surface area contributed by atoms with Crippen LogP contribution < -0.4 is 16.0 Å². The molecule has 1 aliphatic rings. The van der Waals surface area contributed by atoms with Crippen molar-refractivity contribution in [2.24, 2.45) is 0 Å². The van der Waals surface area contributed by atoms with E-state index in [2.05, 4.69) is 20.9 Å². The van der Waals surface area contributed by atoms with Gasteiger partial charge in [0.15, 0.2) is 0 Å². The van der Waals surface area contributed by atoms with Crippen LogP contribution in [0.1, 0.15) is 0 Å². The van der Waals surface area contributed by atoms with Crippen LogP contribution in [0, 0.1) is 0 Å². The average Bonchev–Trinajstić information content (AvgIpc) is 2.61. The normalized spacial score (nSPS) is 13.8. The minimum atomic E-state index is -0.125. The second-order valence-corrected chi connectivity index (χ2v) is 5.73. The number of carbonyl (C=O) groups is 2. The van der Waals surface area contributed by atoms with Gasteiger partial charge in [0, 0.05) is 38.1 Å². The Labute approximate surface area is 172 Å². The molecule has 0 aliphatic carbocycles. The summed E-state index contributed by atoms with van der Waals surface area (Å²) in [4.78, 5) is 25.9. The molecule has 1 aliphatic heterocycles. The van der Waals surface area contributed by atoms with E-state index in [0.717, 1.165) is 13.1 Å². The Morgan fingerprint density at radius 1 is 1.04 bits per heavy atom. The number of carbonyl (C=O) groups excluding carboxylic acids is 2. The maximum atomic E-state index is 12.0. The molecule has 1 fully saturated rings. The monoisotopic (exact) mass is 422 g/mol. The summed E-state index contributed by atoms with van der Waals surface area (Å²) in [6.45, 7) is 4.65. The number of ether oxygens (including phenoxy) is 2. The molecule has 2 rings (SSSR count). The van der Waals surface area contributed by atoms with Gasteiger partial charge in [-0.3, -0.25) is 14.5 Å². The van der Waals surface area contributed by atoms with E-state index < -0.39 is 0 Å². The molecule has 10 heteroatoms. The van der Waals surface area contributed by atoms with Gasteiger partial charge in [-0.05, 0) is 24.3 Å². The zero-order valence-electron chi connectivity index (χ0n) is 15.4. The van der Waals surface area contributed by atoms with Crippen molar-refractivity contribution in [3.63, 3.8) is 0 Å². The predicted octanol–water partition coefficient (Wildman–Crippen LogP) is 0.975. The minimum Gasteiger partial charge on any atom is -0.383 e. The number of methoxy groups -OCH3 is 1. The van der Waals surface area contributed by atoms with Gasteiger partial charge < -0.3 is 25.4 Å². The highest BCUT2D eigenvalue weighted by atomic mass is 35.5. The summed E-state index contributed by atoms with van der Waals surface area (Å²) in [6.07, 6.45) is 0. The number of morpholine rings is 1. The van der Waals surface area contributed by atoms with Gasteiger partial charge in [-0.15, -0.1) is 24.8 Å². The number of hydrogen-bond donors (Lipinski definition) is 3. The molecule has 1 aromatic carbocycles. The summed E-state index contributed by atoms with van der Waals surface area (Å²) in [5, 5.41) is 8.62. The number of halogens is 2. The highest BCUT2D eigenvalue weighted by Gasteiger charge is 2.14. The van der Waals surface area contributed by atoms with Gasteiger partial charge in [0.2, 0.25) is 11.8 Å². The molecule has 3 N–H and O–H groups in total. The lowest BCUT2D eigenvalue weighted by Crippen LogP contribution is -2.41. The quantitative estimate of drug-likeness (QED) is 0.513. The number of hydrogen-bond acceptors (Lipinski definition) is 6. The van der Waals surface area contributed by atoms with E-state index in [0.29, 0.717) is 44.3 Å². The Hall–Kier alpha value is -1.42. The fourth-order valence-electron chi connectivity index (χ4n) is 2.38.